The van der Waals surface area contributed by atoms with Crippen molar-refractivity contribution in [3.05, 3.63) is 24.3 Å². The second-order valence-corrected chi connectivity index (χ2v) is 6.24. The third-order valence-corrected chi connectivity index (χ3v) is 3.29. The summed E-state index contributed by atoms with van der Waals surface area (Å²) in [5.74, 6) is -0.471. The second kappa shape index (κ2) is 6.28. The van der Waals surface area contributed by atoms with E-state index in [4.69, 9.17) is 4.74 Å². The number of piperidine rings is 1. The first kappa shape index (κ1) is 15.5. The van der Waals surface area contributed by atoms with Crippen molar-refractivity contribution in [1.29, 1.82) is 0 Å². The summed E-state index contributed by atoms with van der Waals surface area (Å²) in [4.78, 5) is 17.4. The number of alkyl carbamates (subject to hydrolysis) is 1. The Balaban J connectivity index is 1.82. The number of nitrogens with one attached hydrogen (secondary N) is 1. The topological polar surface area (TPSA) is 54.5 Å². The first-order valence-electron chi connectivity index (χ1n) is 7.19. The van der Waals surface area contributed by atoms with E-state index >= 15 is 0 Å². The Bertz CT molecular complexity index is 494. The van der Waals surface area contributed by atoms with Gasteiger partial charge in [-0.25, -0.2) is 9.78 Å². The van der Waals surface area contributed by atoms with Crippen LogP contribution in [-0.2, 0) is 4.74 Å². The molecule has 1 aliphatic rings. The highest BCUT2D eigenvalue weighted by atomic mass is 19.1. The van der Waals surface area contributed by atoms with Crippen LogP contribution in [0.5, 0.6) is 0 Å². The van der Waals surface area contributed by atoms with Gasteiger partial charge in [0.2, 0.25) is 5.95 Å². The standard InChI is InChI=1S/C15H22FN3O2/c1-15(2,3)21-14(20)18-11-5-8-19(9-6-11)12-4-7-17-13(16)10-12/h4,7,10-11H,5-6,8-9H2,1-3H3,(H,18,20). The minimum atomic E-state index is -0.487. The quantitative estimate of drug-likeness (QED) is 0.852. The van der Waals surface area contributed by atoms with Gasteiger partial charge >= 0.3 is 6.09 Å². The predicted octanol–water partition coefficient (Wildman–Crippen LogP) is 2.71. The molecule has 1 aromatic heterocycles. The van der Waals surface area contributed by atoms with Crippen molar-refractivity contribution in [2.75, 3.05) is 18.0 Å². The Labute approximate surface area is 124 Å². The number of rotatable bonds is 2. The SMILES string of the molecule is CC(C)(C)OC(=O)NC1CCN(c2ccnc(F)c2)CC1. The molecule has 6 heteroatoms. The van der Waals surface area contributed by atoms with Crippen LogP contribution in [0.2, 0.25) is 0 Å². The van der Waals surface area contributed by atoms with Gasteiger partial charge in [-0.1, -0.05) is 0 Å². The Hall–Kier alpha value is -1.85. The Morgan fingerprint density at radius 3 is 2.67 bits per heavy atom. The zero-order valence-corrected chi connectivity index (χ0v) is 12.7. The van der Waals surface area contributed by atoms with Crippen LogP contribution in [0.25, 0.3) is 0 Å². The highest BCUT2D eigenvalue weighted by Gasteiger charge is 2.23. The number of aromatic nitrogens is 1. The fraction of sp³-hybridized carbons (Fsp3) is 0.600. The average molecular weight is 295 g/mol. The van der Waals surface area contributed by atoms with Crippen LogP contribution in [0.1, 0.15) is 33.6 Å². The zero-order chi connectivity index (χ0) is 15.5. The van der Waals surface area contributed by atoms with E-state index in [1.54, 1.807) is 6.07 Å². The van der Waals surface area contributed by atoms with Gasteiger partial charge in [-0.15, -0.1) is 0 Å². The molecule has 1 saturated heterocycles. The maximum Gasteiger partial charge on any atom is 0.407 e. The maximum absolute atomic E-state index is 13.1. The number of halogens is 1. The van der Waals surface area contributed by atoms with Crippen LogP contribution >= 0.6 is 0 Å². The van der Waals surface area contributed by atoms with E-state index in [-0.39, 0.29) is 12.1 Å². The van der Waals surface area contributed by atoms with Gasteiger partial charge in [-0.2, -0.15) is 4.39 Å². The molecule has 1 amide bonds. The van der Waals surface area contributed by atoms with E-state index in [1.165, 1.54) is 12.3 Å². The Kier molecular flexibility index (Phi) is 4.65. The summed E-state index contributed by atoms with van der Waals surface area (Å²) in [7, 11) is 0. The first-order valence-corrected chi connectivity index (χ1v) is 7.19. The molecule has 0 unspecified atom stereocenters. The molecule has 21 heavy (non-hydrogen) atoms. The lowest BCUT2D eigenvalue weighted by molar-refractivity contribution is 0.0497. The molecule has 5 nitrogen and oxygen atoms in total. The lowest BCUT2D eigenvalue weighted by Gasteiger charge is -2.34. The number of hydrogen-bond donors (Lipinski definition) is 1. The van der Waals surface area contributed by atoms with E-state index in [0.29, 0.717) is 0 Å². The van der Waals surface area contributed by atoms with Crippen molar-refractivity contribution < 1.29 is 13.9 Å². The fourth-order valence-electron chi connectivity index (χ4n) is 2.35. The minimum absolute atomic E-state index is 0.0998. The summed E-state index contributed by atoms with van der Waals surface area (Å²) in [6.07, 6.45) is 2.71. The van der Waals surface area contributed by atoms with E-state index in [0.717, 1.165) is 31.6 Å². The highest BCUT2D eigenvalue weighted by molar-refractivity contribution is 5.68. The molecule has 0 aromatic carbocycles. The second-order valence-electron chi connectivity index (χ2n) is 6.24. The molecule has 1 aliphatic heterocycles. The lowest BCUT2D eigenvalue weighted by atomic mass is 10.0. The van der Waals surface area contributed by atoms with Crippen molar-refractivity contribution in [3.63, 3.8) is 0 Å². The van der Waals surface area contributed by atoms with Crippen molar-refractivity contribution in [2.24, 2.45) is 0 Å². The van der Waals surface area contributed by atoms with Gasteiger partial charge in [0, 0.05) is 37.1 Å². The summed E-state index contributed by atoms with van der Waals surface area (Å²) in [5, 5.41) is 2.88. The molecule has 0 saturated carbocycles. The van der Waals surface area contributed by atoms with Crippen molar-refractivity contribution in [3.8, 4) is 0 Å². The number of carbonyl (C=O) groups excluding carboxylic acids is 1. The Morgan fingerprint density at radius 1 is 1.43 bits per heavy atom. The van der Waals surface area contributed by atoms with Crippen LogP contribution in [0.4, 0.5) is 14.9 Å². The number of carbonyl (C=O) groups is 1. The third-order valence-electron chi connectivity index (χ3n) is 3.29. The van der Waals surface area contributed by atoms with Crippen LogP contribution in [-0.4, -0.2) is 35.8 Å². The molecule has 0 aliphatic carbocycles. The van der Waals surface area contributed by atoms with Crippen LogP contribution in [0.15, 0.2) is 18.3 Å². The molecule has 0 bridgehead atoms. The van der Waals surface area contributed by atoms with Crippen LogP contribution in [0.3, 0.4) is 0 Å². The number of hydrogen-bond acceptors (Lipinski definition) is 4. The molecule has 1 N–H and O–H groups in total. The zero-order valence-electron chi connectivity index (χ0n) is 12.7. The van der Waals surface area contributed by atoms with Gasteiger partial charge < -0.3 is 15.0 Å². The molecule has 0 radical (unpaired) electrons. The van der Waals surface area contributed by atoms with Gasteiger partial charge in [0.05, 0.1) is 0 Å². The predicted molar refractivity (Wildman–Crippen MR) is 78.8 cm³/mol. The molecular weight excluding hydrogens is 273 g/mol. The molecule has 116 valence electrons. The molecule has 2 rings (SSSR count). The largest absolute Gasteiger partial charge is 0.444 e. The monoisotopic (exact) mass is 295 g/mol. The summed E-state index contributed by atoms with van der Waals surface area (Å²) in [6.45, 7) is 7.06. The first-order chi connectivity index (χ1) is 9.83. The molecule has 0 spiro atoms. The summed E-state index contributed by atoms with van der Waals surface area (Å²) < 4.78 is 18.4. The number of anilines is 1. The summed E-state index contributed by atoms with van der Waals surface area (Å²) in [5.41, 5.74) is 0.345. The summed E-state index contributed by atoms with van der Waals surface area (Å²) in [6, 6.07) is 3.33. The average Bonchev–Trinajstić information content (AvgIpc) is 2.37. The van der Waals surface area contributed by atoms with E-state index < -0.39 is 11.5 Å². The van der Waals surface area contributed by atoms with Crippen LogP contribution < -0.4 is 10.2 Å². The highest BCUT2D eigenvalue weighted by Crippen LogP contribution is 2.20. The van der Waals surface area contributed by atoms with Crippen molar-refractivity contribution in [2.45, 2.75) is 45.3 Å². The minimum Gasteiger partial charge on any atom is -0.444 e. The molecule has 1 aromatic rings. The maximum atomic E-state index is 13.1. The number of amides is 1. The molecule has 1 fully saturated rings. The molecular formula is C15H22FN3O2. The number of ether oxygens (including phenoxy) is 1. The van der Waals surface area contributed by atoms with E-state index in [1.807, 2.05) is 20.8 Å². The van der Waals surface area contributed by atoms with Crippen molar-refractivity contribution in [1.82, 2.24) is 10.3 Å². The molecule has 2 heterocycles. The van der Waals surface area contributed by atoms with Crippen molar-refractivity contribution >= 4 is 11.8 Å². The normalized spacial score (nSPS) is 16.7. The Morgan fingerprint density at radius 2 is 2.10 bits per heavy atom. The van der Waals surface area contributed by atoms with Crippen LogP contribution in [0, 0.1) is 5.95 Å². The van der Waals surface area contributed by atoms with Gasteiger partial charge in [-0.05, 0) is 39.7 Å². The summed E-state index contributed by atoms with van der Waals surface area (Å²) >= 11 is 0. The number of nitrogens with zero attached hydrogens (tertiary/aromatic N) is 2. The van der Waals surface area contributed by atoms with Gasteiger partial charge in [-0.3, -0.25) is 0 Å². The fourth-order valence-corrected chi connectivity index (χ4v) is 2.35. The number of pyridine rings is 1. The van der Waals surface area contributed by atoms with E-state index in [9.17, 15) is 9.18 Å². The lowest BCUT2D eigenvalue weighted by Crippen LogP contribution is -2.46. The van der Waals surface area contributed by atoms with E-state index in [2.05, 4.69) is 15.2 Å². The smallest absolute Gasteiger partial charge is 0.407 e. The van der Waals surface area contributed by atoms with Gasteiger partial charge in [0.1, 0.15) is 5.60 Å². The third kappa shape index (κ3) is 4.88. The van der Waals surface area contributed by atoms with Gasteiger partial charge in [0.15, 0.2) is 0 Å². The molecule has 0 atom stereocenters. The van der Waals surface area contributed by atoms with Gasteiger partial charge in [0.25, 0.3) is 0 Å².